The first-order chi connectivity index (χ1) is 10.9. The first kappa shape index (κ1) is 13.8. The molecule has 0 N–H and O–H groups in total. The van der Waals surface area contributed by atoms with Gasteiger partial charge in [0.1, 0.15) is 11.9 Å². The van der Waals surface area contributed by atoms with Crippen LogP contribution in [0.4, 0.5) is 0 Å². The highest BCUT2D eigenvalue weighted by Gasteiger charge is 2.38. The number of aryl methyl sites for hydroxylation is 1. The molecule has 0 saturated carbocycles. The van der Waals surface area contributed by atoms with Crippen LogP contribution in [0.2, 0.25) is 0 Å². The molecule has 2 nitrogen and oxygen atoms in total. The van der Waals surface area contributed by atoms with Crippen molar-refractivity contribution in [2.24, 2.45) is 5.92 Å². The van der Waals surface area contributed by atoms with Crippen LogP contribution < -0.4 is 4.74 Å². The van der Waals surface area contributed by atoms with E-state index in [9.17, 15) is 0 Å². The summed E-state index contributed by atoms with van der Waals surface area (Å²) >= 11 is 0. The molecule has 2 heterocycles. The van der Waals surface area contributed by atoms with Gasteiger partial charge in [0, 0.05) is 12.3 Å². The number of hydrogen-bond donors (Lipinski definition) is 0. The van der Waals surface area contributed by atoms with Gasteiger partial charge >= 0.3 is 0 Å². The van der Waals surface area contributed by atoms with Crippen molar-refractivity contribution in [2.45, 2.75) is 37.9 Å². The maximum absolute atomic E-state index is 6.24. The van der Waals surface area contributed by atoms with E-state index in [1.807, 2.05) is 0 Å². The Morgan fingerprint density at radius 2 is 1.77 bits per heavy atom. The van der Waals surface area contributed by atoms with Crippen LogP contribution in [0.3, 0.4) is 0 Å². The number of benzene rings is 2. The van der Waals surface area contributed by atoms with E-state index < -0.39 is 0 Å². The van der Waals surface area contributed by atoms with Crippen molar-refractivity contribution in [3.05, 3.63) is 65.7 Å². The summed E-state index contributed by atoms with van der Waals surface area (Å²) in [6.45, 7) is 0.822. The Hall–Kier alpha value is -1.80. The van der Waals surface area contributed by atoms with Gasteiger partial charge in [-0.15, -0.1) is 0 Å². The summed E-state index contributed by atoms with van der Waals surface area (Å²) in [6, 6.07) is 19.1. The molecule has 1 fully saturated rings. The molecule has 0 bridgehead atoms. The van der Waals surface area contributed by atoms with Gasteiger partial charge < -0.3 is 9.47 Å². The molecular formula is C20H22O2. The van der Waals surface area contributed by atoms with Crippen LogP contribution in [0.1, 0.15) is 24.0 Å². The highest BCUT2D eigenvalue weighted by atomic mass is 16.5. The lowest BCUT2D eigenvalue weighted by molar-refractivity contribution is -0.0921. The van der Waals surface area contributed by atoms with E-state index in [0.717, 1.165) is 38.0 Å². The second-order valence-corrected chi connectivity index (χ2v) is 6.35. The summed E-state index contributed by atoms with van der Waals surface area (Å²) in [5, 5.41) is 0. The Morgan fingerprint density at radius 3 is 2.68 bits per heavy atom. The van der Waals surface area contributed by atoms with Gasteiger partial charge in [0.05, 0.1) is 12.7 Å². The van der Waals surface area contributed by atoms with Gasteiger partial charge in [-0.05, 0) is 36.5 Å². The molecule has 0 aromatic heterocycles. The van der Waals surface area contributed by atoms with Crippen LogP contribution in [0, 0.1) is 5.92 Å². The molecule has 2 aliphatic heterocycles. The van der Waals surface area contributed by atoms with E-state index in [0.29, 0.717) is 18.1 Å². The van der Waals surface area contributed by atoms with E-state index in [1.54, 1.807) is 0 Å². The maximum Gasteiger partial charge on any atom is 0.122 e. The topological polar surface area (TPSA) is 18.5 Å². The van der Waals surface area contributed by atoms with Gasteiger partial charge in [0.2, 0.25) is 0 Å². The third-order valence-electron chi connectivity index (χ3n) is 4.96. The van der Waals surface area contributed by atoms with Gasteiger partial charge in [-0.25, -0.2) is 0 Å². The van der Waals surface area contributed by atoms with Crippen LogP contribution in [-0.2, 0) is 17.6 Å². The van der Waals surface area contributed by atoms with Crippen LogP contribution in [0.5, 0.6) is 5.75 Å². The van der Waals surface area contributed by atoms with E-state index >= 15 is 0 Å². The molecule has 0 amide bonds. The van der Waals surface area contributed by atoms with Gasteiger partial charge in [0.15, 0.2) is 0 Å². The molecule has 0 unspecified atom stereocenters. The summed E-state index contributed by atoms with van der Waals surface area (Å²) in [5.74, 6) is 1.57. The average Bonchev–Trinajstić information content (AvgIpc) is 2.59. The van der Waals surface area contributed by atoms with Gasteiger partial charge in [-0.3, -0.25) is 0 Å². The molecule has 2 aliphatic rings. The second-order valence-electron chi connectivity index (χ2n) is 6.35. The standard InChI is InChI=1S/C20H22O2/c1-2-6-15(7-3-1)10-11-19-17-14-16-8-4-5-9-18(16)22-20(17)12-13-21-19/h1-9,17,19-20H,10-14H2/t17-,19+,20+/m1/s1. The second kappa shape index (κ2) is 6.13. The molecule has 114 valence electrons. The van der Waals surface area contributed by atoms with Crippen molar-refractivity contribution in [1.29, 1.82) is 0 Å². The number of rotatable bonds is 3. The first-order valence-electron chi connectivity index (χ1n) is 8.30. The third kappa shape index (κ3) is 2.76. The fourth-order valence-corrected chi connectivity index (χ4v) is 3.78. The van der Waals surface area contributed by atoms with E-state index in [1.165, 1.54) is 11.1 Å². The third-order valence-corrected chi connectivity index (χ3v) is 4.96. The molecule has 3 atom stereocenters. The van der Waals surface area contributed by atoms with Crippen molar-refractivity contribution < 1.29 is 9.47 Å². The lowest BCUT2D eigenvalue weighted by atomic mass is 9.81. The fourth-order valence-electron chi connectivity index (χ4n) is 3.78. The molecule has 0 aliphatic carbocycles. The van der Waals surface area contributed by atoms with Crippen LogP contribution >= 0.6 is 0 Å². The molecule has 1 saturated heterocycles. The summed E-state index contributed by atoms with van der Waals surface area (Å²) < 4.78 is 12.3. The Kier molecular flexibility index (Phi) is 3.86. The van der Waals surface area contributed by atoms with E-state index in [4.69, 9.17) is 9.47 Å². The lowest BCUT2D eigenvalue weighted by Gasteiger charge is -2.41. The molecule has 0 radical (unpaired) electrons. The number of fused-ring (bicyclic) bond motifs is 2. The predicted octanol–water partition coefficient (Wildman–Crippen LogP) is 4.03. The smallest absolute Gasteiger partial charge is 0.122 e. The summed E-state index contributed by atoms with van der Waals surface area (Å²) in [7, 11) is 0. The van der Waals surface area contributed by atoms with Crippen molar-refractivity contribution in [1.82, 2.24) is 0 Å². The quantitative estimate of drug-likeness (QED) is 0.851. The molecule has 2 aromatic carbocycles. The van der Waals surface area contributed by atoms with Crippen molar-refractivity contribution >= 4 is 0 Å². The Bertz CT molecular complexity index is 623. The fraction of sp³-hybridized carbons (Fsp3) is 0.400. The molecule has 2 aromatic rings. The SMILES string of the molecule is c1ccc(CC[C@@H]2OCC[C@@H]3Oc4ccccc4C[C@H]23)cc1. The highest BCUT2D eigenvalue weighted by Crippen LogP contribution is 2.37. The highest BCUT2D eigenvalue weighted by molar-refractivity contribution is 5.36. The Morgan fingerprint density at radius 1 is 0.955 bits per heavy atom. The number of hydrogen-bond acceptors (Lipinski definition) is 2. The minimum atomic E-state index is 0.312. The number of para-hydroxylation sites is 1. The predicted molar refractivity (Wildman–Crippen MR) is 87.2 cm³/mol. The number of ether oxygens (including phenoxy) is 2. The first-order valence-corrected chi connectivity index (χ1v) is 8.30. The monoisotopic (exact) mass is 294 g/mol. The molecule has 22 heavy (non-hydrogen) atoms. The zero-order valence-corrected chi connectivity index (χ0v) is 12.8. The lowest BCUT2D eigenvalue weighted by Crippen LogP contribution is -2.46. The minimum absolute atomic E-state index is 0.312. The molecular weight excluding hydrogens is 272 g/mol. The van der Waals surface area contributed by atoms with E-state index in [2.05, 4.69) is 54.6 Å². The zero-order valence-electron chi connectivity index (χ0n) is 12.8. The van der Waals surface area contributed by atoms with Gasteiger partial charge in [0.25, 0.3) is 0 Å². The summed E-state index contributed by atoms with van der Waals surface area (Å²) in [4.78, 5) is 0. The van der Waals surface area contributed by atoms with Crippen LogP contribution in [-0.4, -0.2) is 18.8 Å². The Labute approximate surface area is 132 Å². The van der Waals surface area contributed by atoms with Crippen LogP contribution in [0.15, 0.2) is 54.6 Å². The molecule has 4 rings (SSSR count). The van der Waals surface area contributed by atoms with E-state index in [-0.39, 0.29) is 0 Å². The Balaban J connectivity index is 1.47. The molecule has 2 heteroatoms. The van der Waals surface area contributed by atoms with Crippen molar-refractivity contribution in [3.8, 4) is 5.75 Å². The summed E-state index contributed by atoms with van der Waals surface area (Å²) in [6.07, 6.45) is 4.89. The average molecular weight is 294 g/mol. The maximum atomic E-state index is 6.24. The largest absolute Gasteiger partial charge is 0.490 e. The zero-order chi connectivity index (χ0) is 14.8. The van der Waals surface area contributed by atoms with Gasteiger partial charge in [-0.1, -0.05) is 48.5 Å². The minimum Gasteiger partial charge on any atom is -0.490 e. The van der Waals surface area contributed by atoms with Crippen molar-refractivity contribution in [2.75, 3.05) is 6.61 Å². The van der Waals surface area contributed by atoms with Crippen LogP contribution in [0.25, 0.3) is 0 Å². The molecule has 0 spiro atoms. The summed E-state index contributed by atoms with van der Waals surface area (Å²) in [5.41, 5.74) is 2.73. The van der Waals surface area contributed by atoms with Crippen molar-refractivity contribution in [3.63, 3.8) is 0 Å². The normalized spacial score (nSPS) is 26.6. The van der Waals surface area contributed by atoms with Gasteiger partial charge in [-0.2, -0.15) is 0 Å².